The molecule has 16 heavy (non-hydrogen) atoms. The SMILES string of the molecule is CC1=C(C)CC(S(=O)(=O)Cl)C(CN(C)C)C1. The molecule has 0 saturated heterocycles. The maximum absolute atomic E-state index is 11.6. The molecule has 1 aliphatic rings. The number of hydrogen-bond acceptors (Lipinski definition) is 3. The summed E-state index contributed by atoms with van der Waals surface area (Å²) in [6.45, 7) is 4.84. The fourth-order valence-electron chi connectivity index (χ4n) is 2.32. The van der Waals surface area contributed by atoms with Crippen LogP contribution in [0.3, 0.4) is 0 Å². The monoisotopic (exact) mass is 265 g/mol. The van der Waals surface area contributed by atoms with Crippen LogP contribution in [0.1, 0.15) is 26.7 Å². The van der Waals surface area contributed by atoms with Crippen molar-refractivity contribution in [3.63, 3.8) is 0 Å². The molecular formula is C11H20ClNO2S. The minimum Gasteiger partial charge on any atom is -0.309 e. The summed E-state index contributed by atoms with van der Waals surface area (Å²) in [5.74, 6) is 0.112. The van der Waals surface area contributed by atoms with E-state index in [4.69, 9.17) is 10.7 Å². The molecule has 94 valence electrons. The Bertz CT molecular complexity index is 387. The Labute approximate surface area is 103 Å². The third kappa shape index (κ3) is 3.47. The first kappa shape index (κ1) is 14.0. The predicted molar refractivity (Wildman–Crippen MR) is 68.2 cm³/mol. The third-order valence-electron chi connectivity index (χ3n) is 3.29. The van der Waals surface area contributed by atoms with Crippen molar-refractivity contribution in [1.29, 1.82) is 0 Å². The van der Waals surface area contributed by atoms with Gasteiger partial charge in [0.1, 0.15) is 0 Å². The first-order chi connectivity index (χ1) is 7.21. The summed E-state index contributed by atoms with van der Waals surface area (Å²) in [6, 6.07) is 0. The first-order valence-corrected chi connectivity index (χ1v) is 7.82. The summed E-state index contributed by atoms with van der Waals surface area (Å²) in [6.07, 6.45) is 1.41. The molecule has 0 fully saturated rings. The molecular weight excluding hydrogens is 246 g/mol. The molecule has 1 aliphatic carbocycles. The van der Waals surface area contributed by atoms with E-state index >= 15 is 0 Å². The Balaban J connectivity index is 2.95. The zero-order chi connectivity index (χ0) is 12.5. The second kappa shape index (κ2) is 5.07. The normalized spacial score (nSPS) is 27.6. The summed E-state index contributed by atoms with van der Waals surface area (Å²) in [7, 11) is 5.98. The molecule has 0 aromatic rings. The smallest absolute Gasteiger partial charge is 0.236 e. The van der Waals surface area contributed by atoms with Crippen LogP contribution in [0.15, 0.2) is 11.1 Å². The van der Waals surface area contributed by atoms with Crippen LogP contribution < -0.4 is 0 Å². The number of halogens is 1. The minimum atomic E-state index is -3.47. The molecule has 0 amide bonds. The maximum atomic E-state index is 11.6. The van der Waals surface area contributed by atoms with E-state index < -0.39 is 14.3 Å². The van der Waals surface area contributed by atoms with Gasteiger partial charge in [0.05, 0.1) is 5.25 Å². The van der Waals surface area contributed by atoms with E-state index in [-0.39, 0.29) is 5.92 Å². The lowest BCUT2D eigenvalue weighted by atomic mass is 9.84. The fourth-order valence-corrected chi connectivity index (χ4v) is 4.04. The van der Waals surface area contributed by atoms with Gasteiger partial charge in [-0.05, 0) is 46.7 Å². The molecule has 0 aliphatic heterocycles. The quantitative estimate of drug-likeness (QED) is 0.580. The third-order valence-corrected chi connectivity index (χ3v) is 5.25. The molecule has 0 aromatic heterocycles. The Morgan fingerprint density at radius 1 is 1.25 bits per heavy atom. The van der Waals surface area contributed by atoms with Crippen LogP contribution in [-0.2, 0) is 9.05 Å². The highest BCUT2D eigenvalue weighted by Gasteiger charge is 2.35. The van der Waals surface area contributed by atoms with Crippen molar-refractivity contribution in [2.75, 3.05) is 20.6 Å². The van der Waals surface area contributed by atoms with Crippen LogP contribution in [0.4, 0.5) is 0 Å². The molecule has 0 bridgehead atoms. The zero-order valence-electron chi connectivity index (χ0n) is 10.3. The lowest BCUT2D eigenvalue weighted by Crippen LogP contribution is -2.37. The van der Waals surface area contributed by atoms with Gasteiger partial charge in [-0.15, -0.1) is 0 Å². The summed E-state index contributed by atoms with van der Waals surface area (Å²) >= 11 is 0. The summed E-state index contributed by atoms with van der Waals surface area (Å²) < 4.78 is 23.1. The molecule has 0 saturated carbocycles. The average Bonchev–Trinajstić information content (AvgIpc) is 2.08. The van der Waals surface area contributed by atoms with E-state index in [1.54, 1.807) is 0 Å². The van der Waals surface area contributed by atoms with Gasteiger partial charge in [0.25, 0.3) is 0 Å². The van der Waals surface area contributed by atoms with Crippen LogP contribution in [0, 0.1) is 5.92 Å². The highest BCUT2D eigenvalue weighted by atomic mass is 35.7. The van der Waals surface area contributed by atoms with Gasteiger partial charge >= 0.3 is 0 Å². The zero-order valence-corrected chi connectivity index (χ0v) is 11.9. The summed E-state index contributed by atoms with van der Waals surface area (Å²) in [4.78, 5) is 2.02. The molecule has 0 heterocycles. The van der Waals surface area contributed by atoms with Gasteiger partial charge in [-0.2, -0.15) is 0 Å². The van der Waals surface area contributed by atoms with Gasteiger partial charge in [-0.3, -0.25) is 0 Å². The van der Waals surface area contributed by atoms with Crippen molar-refractivity contribution in [2.45, 2.75) is 31.9 Å². The Hall–Kier alpha value is -0.0600. The first-order valence-electron chi connectivity index (χ1n) is 5.45. The van der Waals surface area contributed by atoms with E-state index in [9.17, 15) is 8.42 Å². The standard InChI is InChI=1S/C11H20ClNO2S/c1-8-5-10(7-13(3)4)11(6-9(8)2)16(12,14)15/h10-11H,5-7H2,1-4H3. The Morgan fingerprint density at radius 2 is 1.75 bits per heavy atom. The van der Waals surface area contributed by atoms with Crippen LogP contribution >= 0.6 is 10.7 Å². The number of hydrogen-bond donors (Lipinski definition) is 0. The second-order valence-corrected chi connectivity index (χ2v) is 7.85. The molecule has 0 N–H and O–H groups in total. The number of rotatable bonds is 3. The average molecular weight is 266 g/mol. The van der Waals surface area contributed by atoms with Crippen LogP contribution in [0.2, 0.25) is 0 Å². The van der Waals surface area contributed by atoms with Crippen LogP contribution in [0.5, 0.6) is 0 Å². The van der Waals surface area contributed by atoms with Crippen LogP contribution in [0.25, 0.3) is 0 Å². The fraction of sp³-hybridized carbons (Fsp3) is 0.818. The molecule has 0 radical (unpaired) electrons. The van der Waals surface area contributed by atoms with Gasteiger partial charge < -0.3 is 4.90 Å². The van der Waals surface area contributed by atoms with Gasteiger partial charge in [0.15, 0.2) is 0 Å². The highest BCUT2D eigenvalue weighted by Crippen LogP contribution is 2.35. The molecule has 2 atom stereocenters. The van der Waals surface area contributed by atoms with Crippen molar-refractivity contribution in [2.24, 2.45) is 5.92 Å². The molecule has 0 aromatic carbocycles. The predicted octanol–water partition coefficient (Wildman–Crippen LogP) is 2.23. The van der Waals surface area contributed by atoms with Crippen molar-refractivity contribution >= 4 is 19.7 Å². The largest absolute Gasteiger partial charge is 0.309 e. The lowest BCUT2D eigenvalue weighted by Gasteiger charge is -2.32. The van der Waals surface area contributed by atoms with Crippen molar-refractivity contribution < 1.29 is 8.42 Å². The number of allylic oxidation sites excluding steroid dienone is 2. The van der Waals surface area contributed by atoms with Crippen molar-refractivity contribution in [3.8, 4) is 0 Å². The summed E-state index contributed by atoms with van der Waals surface area (Å²) in [5, 5.41) is -0.430. The molecule has 1 rings (SSSR count). The molecule has 3 nitrogen and oxygen atoms in total. The van der Waals surface area contributed by atoms with Gasteiger partial charge in [-0.25, -0.2) is 8.42 Å². The summed E-state index contributed by atoms with van der Waals surface area (Å²) in [5.41, 5.74) is 2.48. The van der Waals surface area contributed by atoms with Gasteiger partial charge in [-0.1, -0.05) is 11.1 Å². The van der Waals surface area contributed by atoms with Crippen LogP contribution in [-0.4, -0.2) is 39.2 Å². The minimum absolute atomic E-state index is 0.112. The van der Waals surface area contributed by atoms with Crippen molar-refractivity contribution in [3.05, 3.63) is 11.1 Å². The van der Waals surface area contributed by atoms with Gasteiger partial charge in [0.2, 0.25) is 9.05 Å². The second-order valence-electron chi connectivity index (χ2n) is 5.01. The molecule has 2 unspecified atom stereocenters. The maximum Gasteiger partial charge on any atom is 0.236 e. The van der Waals surface area contributed by atoms with E-state index in [1.807, 2.05) is 25.9 Å². The van der Waals surface area contributed by atoms with Crippen molar-refractivity contribution in [1.82, 2.24) is 4.90 Å². The topological polar surface area (TPSA) is 37.4 Å². The van der Waals surface area contributed by atoms with E-state index in [2.05, 4.69) is 6.92 Å². The van der Waals surface area contributed by atoms with E-state index in [0.29, 0.717) is 6.42 Å². The Kier molecular flexibility index (Phi) is 4.43. The van der Waals surface area contributed by atoms with Gasteiger partial charge in [0, 0.05) is 17.2 Å². The Morgan fingerprint density at radius 3 is 2.19 bits per heavy atom. The molecule has 0 spiro atoms. The highest BCUT2D eigenvalue weighted by molar-refractivity contribution is 8.14. The molecule has 5 heteroatoms. The van der Waals surface area contributed by atoms with E-state index in [1.165, 1.54) is 11.1 Å². The number of nitrogens with zero attached hydrogens (tertiary/aromatic N) is 1. The van der Waals surface area contributed by atoms with E-state index in [0.717, 1.165) is 13.0 Å². The lowest BCUT2D eigenvalue weighted by molar-refractivity contribution is 0.303.